The highest BCUT2D eigenvalue weighted by Gasteiger charge is 2.32. The van der Waals surface area contributed by atoms with Crippen LogP contribution in [0.1, 0.15) is 26.7 Å². The average Bonchev–Trinajstić information content (AvgIpc) is 2.78. The van der Waals surface area contributed by atoms with Gasteiger partial charge in [-0.3, -0.25) is 0 Å². The van der Waals surface area contributed by atoms with Gasteiger partial charge < -0.3 is 10.4 Å². The van der Waals surface area contributed by atoms with Crippen LogP contribution in [-0.4, -0.2) is 31.2 Å². The van der Waals surface area contributed by atoms with Crippen LogP contribution in [0.3, 0.4) is 0 Å². The van der Waals surface area contributed by atoms with Crippen molar-refractivity contribution in [3.63, 3.8) is 0 Å². The first kappa shape index (κ1) is 12.3. The van der Waals surface area contributed by atoms with Crippen molar-refractivity contribution in [3.8, 4) is 0 Å². The van der Waals surface area contributed by atoms with Crippen LogP contribution >= 0.6 is 0 Å². The van der Waals surface area contributed by atoms with E-state index in [1.807, 2.05) is 6.92 Å². The van der Waals surface area contributed by atoms with Gasteiger partial charge in [0.2, 0.25) is 0 Å². The molecular formula is C12H16N4O2. The molecule has 2 aromatic rings. The van der Waals surface area contributed by atoms with Crippen LogP contribution in [-0.2, 0) is 4.79 Å². The number of carboxylic acid groups (broad SMARTS) is 1. The molecule has 0 saturated carbocycles. The SMILES string of the molecule is CCCC(C)(Nc1nccn2nccc12)C(=O)O. The van der Waals surface area contributed by atoms with Crippen molar-refractivity contribution in [2.24, 2.45) is 0 Å². The number of hydrogen-bond donors (Lipinski definition) is 2. The topological polar surface area (TPSA) is 79.5 Å². The van der Waals surface area contributed by atoms with E-state index in [4.69, 9.17) is 0 Å². The molecule has 0 aliphatic rings. The number of anilines is 1. The third-order valence-electron chi connectivity index (χ3n) is 2.94. The molecular weight excluding hydrogens is 232 g/mol. The molecule has 0 radical (unpaired) electrons. The monoisotopic (exact) mass is 248 g/mol. The Morgan fingerprint density at radius 3 is 3.00 bits per heavy atom. The zero-order valence-corrected chi connectivity index (χ0v) is 10.4. The number of aliphatic carboxylic acids is 1. The molecule has 0 fully saturated rings. The number of nitrogens with one attached hydrogen (secondary N) is 1. The summed E-state index contributed by atoms with van der Waals surface area (Å²) < 4.78 is 1.66. The highest BCUT2D eigenvalue weighted by molar-refractivity contribution is 5.84. The lowest BCUT2D eigenvalue weighted by Gasteiger charge is -2.26. The Kier molecular flexibility index (Phi) is 3.18. The molecule has 96 valence electrons. The van der Waals surface area contributed by atoms with Crippen LogP contribution < -0.4 is 5.32 Å². The molecule has 6 heteroatoms. The molecule has 0 aromatic carbocycles. The lowest BCUT2D eigenvalue weighted by atomic mass is 9.96. The molecule has 1 atom stereocenters. The first-order valence-corrected chi connectivity index (χ1v) is 5.87. The molecule has 2 heterocycles. The van der Waals surface area contributed by atoms with Gasteiger partial charge in [0.25, 0.3) is 0 Å². The Morgan fingerprint density at radius 1 is 1.56 bits per heavy atom. The van der Waals surface area contributed by atoms with Crippen molar-refractivity contribution in [3.05, 3.63) is 24.7 Å². The minimum Gasteiger partial charge on any atom is -0.480 e. The van der Waals surface area contributed by atoms with Crippen LogP contribution in [0.15, 0.2) is 24.7 Å². The fraction of sp³-hybridized carbons (Fsp3) is 0.417. The van der Waals surface area contributed by atoms with Crippen LogP contribution in [0, 0.1) is 0 Å². The molecule has 0 saturated heterocycles. The molecule has 0 bridgehead atoms. The lowest BCUT2D eigenvalue weighted by Crippen LogP contribution is -2.43. The van der Waals surface area contributed by atoms with Gasteiger partial charge in [-0.05, 0) is 19.4 Å². The van der Waals surface area contributed by atoms with Crippen molar-refractivity contribution in [2.75, 3.05) is 5.32 Å². The summed E-state index contributed by atoms with van der Waals surface area (Å²) in [6.45, 7) is 3.62. The summed E-state index contributed by atoms with van der Waals surface area (Å²) in [5.74, 6) is -0.346. The standard InChI is InChI=1S/C12H16N4O2/c1-3-5-12(2,11(17)18)15-10-9-4-6-14-16(9)8-7-13-10/h4,6-8H,3,5H2,1-2H3,(H,13,15)(H,17,18). The molecule has 2 aromatic heterocycles. The van der Waals surface area contributed by atoms with Crippen LogP contribution in [0.2, 0.25) is 0 Å². The first-order valence-electron chi connectivity index (χ1n) is 5.87. The Morgan fingerprint density at radius 2 is 2.33 bits per heavy atom. The summed E-state index contributed by atoms with van der Waals surface area (Å²) >= 11 is 0. The molecule has 2 N–H and O–H groups in total. The zero-order chi connectivity index (χ0) is 13.2. The number of carboxylic acids is 1. The van der Waals surface area contributed by atoms with Crippen molar-refractivity contribution >= 4 is 17.3 Å². The number of nitrogens with zero attached hydrogens (tertiary/aromatic N) is 3. The molecule has 18 heavy (non-hydrogen) atoms. The van der Waals surface area contributed by atoms with Crippen LogP contribution in [0.4, 0.5) is 5.82 Å². The first-order chi connectivity index (χ1) is 8.57. The van der Waals surface area contributed by atoms with E-state index in [1.54, 1.807) is 36.1 Å². The van der Waals surface area contributed by atoms with Gasteiger partial charge in [0.05, 0.1) is 6.20 Å². The number of rotatable bonds is 5. The second kappa shape index (κ2) is 4.64. The maximum atomic E-state index is 11.4. The van der Waals surface area contributed by atoms with E-state index in [1.165, 1.54) is 0 Å². The van der Waals surface area contributed by atoms with Gasteiger partial charge in [-0.1, -0.05) is 13.3 Å². The summed E-state index contributed by atoms with van der Waals surface area (Å²) in [4.78, 5) is 15.6. The van der Waals surface area contributed by atoms with Crippen LogP contribution in [0.5, 0.6) is 0 Å². The highest BCUT2D eigenvalue weighted by Crippen LogP contribution is 2.22. The van der Waals surface area contributed by atoms with Crippen molar-refractivity contribution in [1.82, 2.24) is 14.6 Å². The average molecular weight is 248 g/mol. The fourth-order valence-electron chi connectivity index (χ4n) is 1.94. The van der Waals surface area contributed by atoms with Gasteiger partial charge in [0, 0.05) is 12.4 Å². The van der Waals surface area contributed by atoms with E-state index in [2.05, 4.69) is 15.4 Å². The maximum absolute atomic E-state index is 11.4. The summed E-state index contributed by atoms with van der Waals surface area (Å²) in [6, 6.07) is 1.80. The van der Waals surface area contributed by atoms with E-state index in [0.29, 0.717) is 12.2 Å². The Labute approximate surface area is 105 Å². The van der Waals surface area contributed by atoms with Gasteiger partial charge in [0.1, 0.15) is 11.1 Å². The second-order valence-corrected chi connectivity index (χ2v) is 4.45. The predicted octanol–water partition coefficient (Wildman–Crippen LogP) is 1.78. The Balaban J connectivity index is 2.37. The van der Waals surface area contributed by atoms with Crippen molar-refractivity contribution < 1.29 is 9.90 Å². The largest absolute Gasteiger partial charge is 0.480 e. The molecule has 0 spiro atoms. The van der Waals surface area contributed by atoms with E-state index in [9.17, 15) is 9.90 Å². The summed E-state index contributed by atoms with van der Waals surface area (Å²) in [6.07, 6.45) is 6.27. The summed E-state index contributed by atoms with van der Waals surface area (Å²) in [5.41, 5.74) is -0.255. The molecule has 2 rings (SSSR count). The van der Waals surface area contributed by atoms with E-state index < -0.39 is 11.5 Å². The van der Waals surface area contributed by atoms with E-state index in [-0.39, 0.29) is 0 Å². The number of hydrogen-bond acceptors (Lipinski definition) is 4. The van der Waals surface area contributed by atoms with Gasteiger partial charge in [-0.25, -0.2) is 14.3 Å². The number of carbonyl (C=O) groups is 1. The number of fused-ring (bicyclic) bond motifs is 1. The fourth-order valence-corrected chi connectivity index (χ4v) is 1.94. The number of aromatic nitrogens is 3. The minimum atomic E-state index is -1.02. The molecule has 6 nitrogen and oxygen atoms in total. The van der Waals surface area contributed by atoms with Gasteiger partial charge in [-0.15, -0.1) is 0 Å². The quantitative estimate of drug-likeness (QED) is 0.843. The third kappa shape index (κ3) is 2.13. The van der Waals surface area contributed by atoms with Gasteiger partial charge in [-0.2, -0.15) is 5.10 Å². The molecule has 0 amide bonds. The van der Waals surface area contributed by atoms with Crippen LogP contribution in [0.25, 0.3) is 5.52 Å². The zero-order valence-electron chi connectivity index (χ0n) is 10.4. The van der Waals surface area contributed by atoms with Gasteiger partial charge in [0.15, 0.2) is 5.82 Å². The summed E-state index contributed by atoms with van der Waals surface area (Å²) in [5, 5.41) is 16.4. The van der Waals surface area contributed by atoms with Crippen molar-refractivity contribution in [1.29, 1.82) is 0 Å². The smallest absolute Gasteiger partial charge is 0.329 e. The summed E-state index contributed by atoms with van der Waals surface area (Å²) in [7, 11) is 0. The van der Waals surface area contributed by atoms with E-state index in [0.717, 1.165) is 11.9 Å². The maximum Gasteiger partial charge on any atom is 0.329 e. The minimum absolute atomic E-state index is 0.527. The Bertz CT molecular complexity index is 566. The highest BCUT2D eigenvalue weighted by atomic mass is 16.4. The molecule has 0 aliphatic heterocycles. The second-order valence-electron chi connectivity index (χ2n) is 4.45. The van der Waals surface area contributed by atoms with Gasteiger partial charge >= 0.3 is 5.97 Å². The molecule has 0 aliphatic carbocycles. The Hall–Kier alpha value is -2.11. The predicted molar refractivity (Wildman–Crippen MR) is 67.6 cm³/mol. The third-order valence-corrected chi connectivity index (χ3v) is 2.94. The lowest BCUT2D eigenvalue weighted by molar-refractivity contribution is -0.142. The van der Waals surface area contributed by atoms with E-state index >= 15 is 0 Å². The molecule has 1 unspecified atom stereocenters. The van der Waals surface area contributed by atoms with Crippen molar-refractivity contribution in [2.45, 2.75) is 32.2 Å². The normalized spacial score (nSPS) is 14.3.